The standard InChI is InChI=1S/C15H21NO5/c1-15(2,14(18)19)16-13(17)8-5-10-9-11(20-3)6-7-12(10)21-4/h6-7,9H,5,8H2,1-4H3,(H,16,17)(H,18,19). The molecular weight excluding hydrogens is 274 g/mol. The first kappa shape index (κ1) is 16.8. The van der Waals surface area contributed by atoms with Crippen LogP contribution >= 0.6 is 0 Å². The highest BCUT2D eigenvalue weighted by molar-refractivity contribution is 5.86. The Labute approximate surface area is 124 Å². The van der Waals surface area contributed by atoms with E-state index in [1.165, 1.54) is 13.8 Å². The summed E-state index contributed by atoms with van der Waals surface area (Å²) >= 11 is 0. The van der Waals surface area contributed by atoms with Crippen molar-refractivity contribution >= 4 is 11.9 Å². The molecule has 1 aromatic carbocycles. The van der Waals surface area contributed by atoms with Gasteiger partial charge in [0.2, 0.25) is 5.91 Å². The number of aryl methyl sites for hydroxylation is 1. The second-order valence-corrected chi connectivity index (χ2v) is 5.16. The Kier molecular flexibility index (Phi) is 5.58. The van der Waals surface area contributed by atoms with Crippen molar-refractivity contribution < 1.29 is 24.2 Å². The molecule has 0 saturated heterocycles. The van der Waals surface area contributed by atoms with E-state index >= 15 is 0 Å². The molecule has 0 bridgehead atoms. The molecule has 0 aliphatic carbocycles. The van der Waals surface area contributed by atoms with E-state index in [1.54, 1.807) is 32.4 Å². The smallest absolute Gasteiger partial charge is 0.328 e. The molecule has 1 amide bonds. The van der Waals surface area contributed by atoms with Gasteiger partial charge in [-0.25, -0.2) is 4.79 Å². The fourth-order valence-electron chi connectivity index (χ4n) is 1.79. The molecular formula is C15H21NO5. The molecule has 0 aliphatic rings. The molecule has 0 atom stereocenters. The van der Waals surface area contributed by atoms with Gasteiger partial charge in [0, 0.05) is 6.42 Å². The van der Waals surface area contributed by atoms with Crippen LogP contribution in [0.1, 0.15) is 25.8 Å². The quantitative estimate of drug-likeness (QED) is 0.798. The van der Waals surface area contributed by atoms with E-state index in [9.17, 15) is 9.59 Å². The second-order valence-electron chi connectivity index (χ2n) is 5.16. The van der Waals surface area contributed by atoms with Gasteiger partial charge in [-0.3, -0.25) is 4.79 Å². The van der Waals surface area contributed by atoms with E-state index in [1.807, 2.05) is 0 Å². The van der Waals surface area contributed by atoms with Crippen LogP contribution in [0.5, 0.6) is 11.5 Å². The Hall–Kier alpha value is -2.24. The molecule has 0 fully saturated rings. The van der Waals surface area contributed by atoms with Gasteiger partial charge in [-0.1, -0.05) is 0 Å². The minimum absolute atomic E-state index is 0.167. The molecule has 0 unspecified atom stereocenters. The van der Waals surface area contributed by atoms with Crippen molar-refractivity contribution in [3.63, 3.8) is 0 Å². The van der Waals surface area contributed by atoms with Crippen LogP contribution in [0.3, 0.4) is 0 Å². The van der Waals surface area contributed by atoms with Gasteiger partial charge in [-0.15, -0.1) is 0 Å². The van der Waals surface area contributed by atoms with Gasteiger partial charge in [0.1, 0.15) is 17.0 Å². The van der Waals surface area contributed by atoms with Crippen molar-refractivity contribution in [1.82, 2.24) is 5.32 Å². The average molecular weight is 295 g/mol. The van der Waals surface area contributed by atoms with E-state index < -0.39 is 11.5 Å². The van der Waals surface area contributed by atoms with Crippen LogP contribution in [0.25, 0.3) is 0 Å². The number of carboxylic acids is 1. The van der Waals surface area contributed by atoms with Crippen LogP contribution in [0, 0.1) is 0 Å². The Bertz CT molecular complexity index is 525. The molecule has 0 radical (unpaired) electrons. The highest BCUT2D eigenvalue weighted by atomic mass is 16.5. The molecule has 116 valence electrons. The Balaban J connectivity index is 2.70. The van der Waals surface area contributed by atoms with Crippen molar-refractivity contribution in [1.29, 1.82) is 0 Å². The largest absolute Gasteiger partial charge is 0.497 e. The number of aliphatic carboxylic acids is 1. The zero-order valence-corrected chi connectivity index (χ0v) is 12.7. The summed E-state index contributed by atoms with van der Waals surface area (Å²) in [5.41, 5.74) is -0.449. The molecule has 0 saturated carbocycles. The van der Waals surface area contributed by atoms with Crippen molar-refractivity contribution in [2.75, 3.05) is 14.2 Å². The summed E-state index contributed by atoms with van der Waals surface area (Å²) in [6.07, 6.45) is 0.599. The SMILES string of the molecule is COc1ccc(OC)c(CCC(=O)NC(C)(C)C(=O)O)c1. The van der Waals surface area contributed by atoms with Crippen molar-refractivity contribution in [3.05, 3.63) is 23.8 Å². The third kappa shape index (κ3) is 4.66. The zero-order chi connectivity index (χ0) is 16.0. The first-order valence-corrected chi connectivity index (χ1v) is 6.55. The van der Waals surface area contributed by atoms with E-state index in [2.05, 4.69) is 5.32 Å². The van der Waals surface area contributed by atoms with Crippen LogP contribution in [0.2, 0.25) is 0 Å². The van der Waals surface area contributed by atoms with Crippen LogP contribution < -0.4 is 14.8 Å². The van der Waals surface area contributed by atoms with Crippen molar-refractivity contribution in [2.24, 2.45) is 0 Å². The zero-order valence-electron chi connectivity index (χ0n) is 12.7. The number of hydrogen-bond donors (Lipinski definition) is 2. The number of benzene rings is 1. The molecule has 0 aliphatic heterocycles. The van der Waals surface area contributed by atoms with Crippen LogP contribution in [0.15, 0.2) is 18.2 Å². The summed E-state index contributed by atoms with van der Waals surface area (Å²) in [4.78, 5) is 22.8. The molecule has 6 nitrogen and oxygen atoms in total. The third-order valence-electron chi connectivity index (χ3n) is 3.10. The van der Waals surface area contributed by atoms with E-state index in [0.29, 0.717) is 17.9 Å². The van der Waals surface area contributed by atoms with E-state index in [4.69, 9.17) is 14.6 Å². The van der Waals surface area contributed by atoms with Gasteiger partial charge in [-0.2, -0.15) is 0 Å². The third-order valence-corrected chi connectivity index (χ3v) is 3.10. The van der Waals surface area contributed by atoms with Gasteiger partial charge in [-0.05, 0) is 44.0 Å². The van der Waals surface area contributed by atoms with Gasteiger partial charge in [0.15, 0.2) is 0 Å². The summed E-state index contributed by atoms with van der Waals surface area (Å²) < 4.78 is 10.4. The van der Waals surface area contributed by atoms with Crippen molar-refractivity contribution in [3.8, 4) is 11.5 Å². The first-order chi connectivity index (χ1) is 9.80. The molecule has 2 N–H and O–H groups in total. The Morgan fingerprint density at radius 2 is 1.90 bits per heavy atom. The minimum Gasteiger partial charge on any atom is -0.497 e. The number of nitrogens with one attached hydrogen (secondary N) is 1. The van der Waals surface area contributed by atoms with Crippen molar-refractivity contribution in [2.45, 2.75) is 32.2 Å². The summed E-state index contributed by atoms with van der Waals surface area (Å²) in [5, 5.41) is 11.5. The summed E-state index contributed by atoms with van der Waals surface area (Å²) in [6.45, 7) is 2.89. The topological polar surface area (TPSA) is 84.9 Å². The monoisotopic (exact) mass is 295 g/mol. The van der Waals surface area contributed by atoms with Gasteiger partial charge in [0.05, 0.1) is 14.2 Å². The summed E-state index contributed by atoms with van der Waals surface area (Å²) in [5.74, 6) is -0.0553. The molecule has 1 rings (SSSR count). The number of rotatable bonds is 7. The van der Waals surface area contributed by atoms with Crippen LogP contribution in [0.4, 0.5) is 0 Å². The number of carbonyl (C=O) groups is 2. The lowest BCUT2D eigenvalue weighted by molar-refractivity contribution is -0.146. The molecule has 21 heavy (non-hydrogen) atoms. The molecule has 0 heterocycles. The van der Waals surface area contributed by atoms with Crippen LogP contribution in [-0.4, -0.2) is 36.7 Å². The maximum absolute atomic E-state index is 11.8. The van der Waals surface area contributed by atoms with Gasteiger partial charge >= 0.3 is 5.97 Å². The summed E-state index contributed by atoms with van der Waals surface area (Å²) in [7, 11) is 3.12. The van der Waals surface area contributed by atoms with Gasteiger partial charge < -0.3 is 19.9 Å². The summed E-state index contributed by atoms with van der Waals surface area (Å²) in [6, 6.07) is 5.34. The normalized spacial score (nSPS) is 10.9. The lowest BCUT2D eigenvalue weighted by Crippen LogP contribution is -2.49. The molecule has 1 aromatic rings. The number of hydrogen-bond acceptors (Lipinski definition) is 4. The lowest BCUT2D eigenvalue weighted by Gasteiger charge is -2.21. The fraction of sp³-hybridized carbons (Fsp3) is 0.467. The Morgan fingerprint density at radius 1 is 1.24 bits per heavy atom. The fourth-order valence-corrected chi connectivity index (χ4v) is 1.79. The molecule has 0 aromatic heterocycles. The van der Waals surface area contributed by atoms with E-state index in [-0.39, 0.29) is 12.3 Å². The molecule has 0 spiro atoms. The van der Waals surface area contributed by atoms with E-state index in [0.717, 1.165) is 5.56 Å². The minimum atomic E-state index is -1.28. The number of carboxylic acid groups (broad SMARTS) is 1. The maximum atomic E-state index is 11.8. The first-order valence-electron chi connectivity index (χ1n) is 6.55. The average Bonchev–Trinajstić information content (AvgIpc) is 2.44. The highest BCUT2D eigenvalue weighted by Gasteiger charge is 2.28. The Morgan fingerprint density at radius 3 is 2.43 bits per heavy atom. The number of carbonyl (C=O) groups excluding carboxylic acids is 1. The second kappa shape index (κ2) is 6.97. The number of ether oxygens (including phenoxy) is 2. The number of amides is 1. The molecule has 6 heteroatoms. The highest BCUT2D eigenvalue weighted by Crippen LogP contribution is 2.25. The number of methoxy groups -OCH3 is 2. The lowest BCUT2D eigenvalue weighted by atomic mass is 10.0. The van der Waals surface area contributed by atoms with Crippen LogP contribution in [-0.2, 0) is 16.0 Å². The predicted molar refractivity (Wildman–Crippen MR) is 77.7 cm³/mol. The maximum Gasteiger partial charge on any atom is 0.328 e. The predicted octanol–water partition coefficient (Wildman–Crippen LogP) is 1.62. The van der Waals surface area contributed by atoms with Gasteiger partial charge in [0.25, 0.3) is 0 Å².